The molecule has 1 aliphatic carbocycles. The highest BCUT2D eigenvalue weighted by Gasteiger charge is 2.40. The van der Waals surface area contributed by atoms with Crippen molar-refractivity contribution in [2.24, 2.45) is 17.8 Å². The van der Waals surface area contributed by atoms with E-state index in [1.807, 2.05) is 11.8 Å². The average molecular weight is 278 g/mol. The maximum atomic E-state index is 12.7. The number of likely N-dealkylation sites (tertiary alicyclic amines) is 2. The van der Waals surface area contributed by atoms with Gasteiger partial charge in [0.1, 0.15) is 0 Å². The Balaban J connectivity index is 1.58. The molecule has 2 saturated heterocycles. The van der Waals surface area contributed by atoms with E-state index >= 15 is 0 Å². The normalized spacial score (nSPS) is 33.4. The first-order valence-corrected chi connectivity index (χ1v) is 8.25. The summed E-state index contributed by atoms with van der Waals surface area (Å²) in [7, 11) is 0. The van der Waals surface area contributed by atoms with Crippen LogP contribution in [0.5, 0.6) is 0 Å². The molecule has 112 valence electrons. The van der Waals surface area contributed by atoms with Crippen LogP contribution in [0.3, 0.4) is 0 Å². The Morgan fingerprint density at radius 3 is 2.30 bits per heavy atom. The lowest BCUT2D eigenvalue weighted by Crippen LogP contribution is -2.46. The van der Waals surface area contributed by atoms with Gasteiger partial charge in [-0.05, 0) is 37.5 Å². The van der Waals surface area contributed by atoms with Crippen molar-refractivity contribution in [1.82, 2.24) is 9.80 Å². The first kappa shape index (κ1) is 13.9. The summed E-state index contributed by atoms with van der Waals surface area (Å²) in [6, 6.07) is 0. The Bertz CT molecular complexity index is 384. The van der Waals surface area contributed by atoms with Crippen LogP contribution in [0.25, 0.3) is 0 Å². The Kier molecular flexibility index (Phi) is 3.99. The Morgan fingerprint density at radius 1 is 0.950 bits per heavy atom. The van der Waals surface area contributed by atoms with E-state index in [-0.39, 0.29) is 11.8 Å². The van der Waals surface area contributed by atoms with Crippen LogP contribution in [0.4, 0.5) is 0 Å². The molecule has 0 spiro atoms. The number of piperidine rings is 1. The highest BCUT2D eigenvalue weighted by Crippen LogP contribution is 2.38. The van der Waals surface area contributed by atoms with Crippen molar-refractivity contribution in [3.05, 3.63) is 0 Å². The molecule has 1 saturated carbocycles. The average Bonchev–Trinajstić information content (AvgIpc) is 3.07. The van der Waals surface area contributed by atoms with Crippen LogP contribution in [0.2, 0.25) is 0 Å². The minimum atomic E-state index is 0.0538. The van der Waals surface area contributed by atoms with Gasteiger partial charge in [0, 0.05) is 32.6 Å². The zero-order valence-corrected chi connectivity index (χ0v) is 12.5. The summed E-state index contributed by atoms with van der Waals surface area (Å²) in [5, 5.41) is 0. The van der Waals surface area contributed by atoms with Gasteiger partial charge in [-0.25, -0.2) is 0 Å². The summed E-state index contributed by atoms with van der Waals surface area (Å²) >= 11 is 0. The van der Waals surface area contributed by atoms with Gasteiger partial charge in [0.25, 0.3) is 0 Å². The van der Waals surface area contributed by atoms with Crippen molar-refractivity contribution in [3.8, 4) is 0 Å². The predicted octanol–water partition coefficient (Wildman–Crippen LogP) is 1.89. The van der Waals surface area contributed by atoms with Crippen molar-refractivity contribution in [2.45, 2.75) is 45.4 Å². The van der Waals surface area contributed by atoms with Crippen LogP contribution in [-0.4, -0.2) is 47.8 Å². The molecule has 2 heterocycles. The van der Waals surface area contributed by atoms with Crippen LogP contribution < -0.4 is 0 Å². The molecular formula is C16H26N2O2. The van der Waals surface area contributed by atoms with Crippen LogP contribution in [0.1, 0.15) is 45.4 Å². The molecule has 2 aliphatic heterocycles. The van der Waals surface area contributed by atoms with Gasteiger partial charge in [-0.2, -0.15) is 0 Å². The third-order valence-electron chi connectivity index (χ3n) is 5.46. The molecule has 0 aromatic carbocycles. The van der Waals surface area contributed by atoms with Crippen molar-refractivity contribution < 1.29 is 9.59 Å². The standard InChI is InChI=1S/C16H26N2O2/c1-2-15(19)17-8-4-7-14(11-17)16(20)18-9-12-5-3-6-13(12)10-18/h12-14H,2-11H2,1H3. The lowest BCUT2D eigenvalue weighted by molar-refractivity contribution is -0.140. The van der Waals surface area contributed by atoms with Crippen LogP contribution in [0.15, 0.2) is 0 Å². The third kappa shape index (κ3) is 2.57. The van der Waals surface area contributed by atoms with Gasteiger partial charge in [0.15, 0.2) is 0 Å². The summed E-state index contributed by atoms with van der Waals surface area (Å²) < 4.78 is 0. The topological polar surface area (TPSA) is 40.6 Å². The molecule has 0 aromatic heterocycles. The lowest BCUT2D eigenvalue weighted by atomic mass is 9.96. The molecule has 20 heavy (non-hydrogen) atoms. The highest BCUT2D eigenvalue weighted by molar-refractivity contribution is 5.81. The van der Waals surface area contributed by atoms with Gasteiger partial charge < -0.3 is 9.80 Å². The van der Waals surface area contributed by atoms with Crippen molar-refractivity contribution >= 4 is 11.8 Å². The number of rotatable bonds is 2. The van der Waals surface area contributed by atoms with E-state index in [4.69, 9.17) is 0 Å². The Labute approximate surface area is 121 Å². The number of nitrogens with zero attached hydrogens (tertiary/aromatic N) is 2. The molecule has 3 unspecified atom stereocenters. The molecule has 0 aromatic rings. The first-order valence-electron chi connectivity index (χ1n) is 8.25. The number of carbonyl (C=O) groups excluding carboxylic acids is 2. The smallest absolute Gasteiger partial charge is 0.227 e. The maximum absolute atomic E-state index is 12.7. The van der Waals surface area contributed by atoms with E-state index in [1.165, 1.54) is 19.3 Å². The van der Waals surface area contributed by atoms with Crippen LogP contribution in [0, 0.1) is 17.8 Å². The summed E-state index contributed by atoms with van der Waals surface area (Å²) in [5.41, 5.74) is 0. The molecule has 0 radical (unpaired) electrons. The second-order valence-electron chi connectivity index (χ2n) is 6.73. The fourth-order valence-corrected chi connectivity index (χ4v) is 4.30. The summed E-state index contributed by atoms with van der Waals surface area (Å²) in [6.45, 7) is 5.33. The molecule has 0 bridgehead atoms. The van der Waals surface area contributed by atoms with Crippen molar-refractivity contribution in [3.63, 3.8) is 0 Å². The van der Waals surface area contributed by atoms with Gasteiger partial charge in [0.05, 0.1) is 5.92 Å². The minimum Gasteiger partial charge on any atom is -0.342 e. The lowest BCUT2D eigenvalue weighted by Gasteiger charge is -2.34. The van der Waals surface area contributed by atoms with Gasteiger partial charge in [-0.3, -0.25) is 9.59 Å². The molecule has 4 nitrogen and oxygen atoms in total. The number of hydrogen-bond acceptors (Lipinski definition) is 2. The van der Waals surface area contributed by atoms with Gasteiger partial charge in [-0.15, -0.1) is 0 Å². The summed E-state index contributed by atoms with van der Waals surface area (Å²) in [4.78, 5) is 28.5. The van der Waals surface area contributed by atoms with Gasteiger partial charge >= 0.3 is 0 Å². The molecular weight excluding hydrogens is 252 g/mol. The SMILES string of the molecule is CCC(=O)N1CCCC(C(=O)N2CC3CCCC3C2)C1. The molecule has 3 rings (SSSR count). The fraction of sp³-hybridized carbons (Fsp3) is 0.875. The quantitative estimate of drug-likeness (QED) is 0.774. The van der Waals surface area contributed by atoms with Crippen molar-refractivity contribution in [1.29, 1.82) is 0 Å². The highest BCUT2D eigenvalue weighted by atomic mass is 16.2. The van der Waals surface area contributed by atoms with Crippen molar-refractivity contribution in [2.75, 3.05) is 26.2 Å². The summed E-state index contributed by atoms with van der Waals surface area (Å²) in [6.07, 6.45) is 6.44. The molecule has 3 atom stereocenters. The molecule has 4 heteroatoms. The molecule has 0 N–H and O–H groups in total. The number of amides is 2. The molecule has 3 aliphatic rings. The van der Waals surface area contributed by atoms with Crippen LogP contribution >= 0.6 is 0 Å². The van der Waals surface area contributed by atoms with E-state index in [2.05, 4.69) is 4.90 Å². The zero-order valence-electron chi connectivity index (χ0n) is 12.5. The summed E-state index contributed by atoms with van der Waals surface area (Å²) in [5.74, 6) is 2.08. The van der Waals surface area contributed by atoms with E-state index in [0.717, 1.165) is 44.3 Å². The molecule has 2 amide bonds. The fourth-order valence-electron chi connectivity index (χ4n) is 4.30. The minimum absolute atomic E-state index is 0.0538. The van der Waals surface area contributed by atoms with Crippen LogP contribution in [-0.2, 0) is 9.59 Å². The number of hydrogen-bond donors (Lipinski definition) is 0. The monoisotopic (exact) mass is 278 g/mol. The second kappa shape index (κ2) is 5.74. The Morgan fingerprint density at radius 2 is 1.65 bits per heavy atom. The zero-order chi connectivity index (χ0) is 14.1. The third-order valence-corrected chi connectivity index (χ3v) is 5.46. The van der Waals surface area contributed by atoms with Gasteiger partial charge in [-0.1, -0.05) is 13.3 Å². The van der Waals surface area contributed by atoms with E-state index in [9.17, 15) is 9.59 Å². The van der Waals surface area contributed by atoms with Gasteiger partial charge in [0.2, 0.25) is 11.8 Å². The second-order valence-corrected chi connectivity index (χ2v) is 6.73. The largest absolute Gasteiger partial charge is 0.342 e. The maximum Gasteiger partial charge on any atom is 0.227 e. The number of carbonyl (C=O) groups is 2. The number of fused-ring (bicyclic) bond motifs is 1. The van der Waals surface area contributed by atoms with E-state index in [0.29, 0.717) is 18.9 Å². The van der Waals surface area contributed by atoms with E-state index < -0.39 is 0 Å². The Hall–Kier alpha value is -1.06. The first-order chi connectivity index (χ1) is 9.69. The molecule has 3 fully saturated rings. The predicted molar refractivity (Wildman–Crippen MR) is 77.0 cm³/mol. The van der Waals surface area contributed by atoms with E-state index in [1.54, 1.807) is 0 Å².